The third-order valence-electron chi connectivity index (χ3n) is 11.5. The molecule has 16 heteroatoms. The summed E-state index contributed by atoms with van der Waals surface area (Å²) < 4.78 is 30.3. The molecule has 2 aromatic carbocycles. The lowest BCUT2D eigenvalue weighted by atomic mass is 10.1. The van der Waals surface area contributed by atoms with Gasteiger partial charge in [-0.3, -0.25) is 29.4 Å². The zero-order valence-electron chi connectivity index (χ0n) is 37.0. The van der Waals surface area contributed by atoms with Gasteiger partial charge < -0.3 is 38.8 Å². The monoisotopic (exact) mass is 896 g/mol. The first kappa shape index (κ1) is 45.5. The minimum atomic E-state index is -0.109. The van der Waals surface area contributed by atoms with Crippen molar-refractivity contribution in [1.82, 2.24) is 20.1 Å². The number of aliphatic imine (C=N–C) groups is 2. The fraction of sp³-hybridized carbons (Fsp3) is 0.447. The minimum absolute atomic E-state index is 0.0155. The molecule has 3 aromatic rings. The van der Waals surface area contributed by atoms with E-state index >= 15 is 0 Å². The number of hydrogen-bond donors (Lipinski definition) is 1. The number of carbonyl (C=O) groups is 3. The van der Waals surface area contributed by atoms with Crippen LogP contribution in [0.5, 0.6) is 28.7 Å². The minimum Gasteiger partial charge on any atom is -0.493 e. The second-order valence-electron chi connectivity index (χ2n) is 16.3. The van der Waals surface area contributed by atoms with Crippen molar-refractivity contribution >= 4 is 63.1 Å². The Bertz CT molecular complexity index is 2210. The fourth-order valence-electron chi connectivity index (χ4n) is 7.94. The highest BCUT2D eigenvalue weighted by atomic mass is 33.1. The topological polar surface area (TPSA) is 153 Å². The van der Waals surface area contributed by atoms with E-state index in [-0.39, 0.29) is 47.8 Å². The predicted octanol–water partition coefficient (Wildman–Crippen LogP) is 8.47. The van der Waals surface area contributed by atoms with Gasteiger partial charge in [-0.2, -0.15) is 0 Å². The number of benzene rings is 2. The molecule has 2 saturated heterocycles. The van der Waals surface area contributed by atoms with Gasteiger partial charge in [0, 0.05) is 67.5 Å². The number of fused-ring (bicyclic) bond motifs is 4. The van der Waals surface area contributed by atoms with Crippen molar-refractivity contribution in [1.29, 1.82) is 0 Å². The Morgan fingerprint density at radius 1 is 0.794 bits per heavy atom. The van der Waals surface area contributed by atoms with Crippen LogP contribution >= 0.6 is 21.6 Å². The van der Waals surface area contributed by atoms with Gasteiger partial charge in [0.1, 0.15) is 19.0 Å². The summed E-state index contributed by atoms with van der Waals surface area (Å²) in [5.41, 5.74) is 5.40. The zero-order chi connectivity index (χ0) is 44.7. The van der Waals surface area contributed by atoms with Crippen molar-refractivity contribution in [2.75, 3.05) is 46.7 Å². The Balaban J connectivity index is 1.07. The lowest BCUT2D eigenvalue weighted by Crippen LogP contribution is -2.35. The first-order valence-corrected chi connectivity index (χ1v) is 23.8. The molecule has 0 unspecified atom stereocenters. The number of hydrogen-bond acceptors (Lipinski definition) is 13. The molecule has 5 heterocycles. The normalized spacial score (nSPS) is 19.0. The summed E-state index contributed by atoms with van der Waals surface area (Å²) >= 11 is 0. The summed E-state index contributed by atoms with van der Waals surface area (Å²) in [6.45, 7) is 10.3. The summed E-state index contributed by atoms with van der Waals surface area (Å²) in [6.07, 6.45) is 13.2. The Morgan fingerprint density at radius 3 is 1.79 bits per heavy atom. The molecular weight excluding hydrogens is 841 g/mol. The van der Waals surface area contributed by atoms with Crippen molar-refractivity contribution in [2.24, 2.45) is 9.98 Å². The molecule has 3 amide bonds. The molecule has 63 heavy (non-hydrogen) atoms. The van der Waals surface area contributed by atoms with Crippen molar-refractivity contribution < 1.29 is 38.1 Å². The van der Waals surface area contributed by atoms with E-state index in [1.807, 2.05) is 42.3 Å². The molecule has 4 aliphatic heterocycles. The number of pyridine rings is 1. The number of carbonyl (C=O) groups excluding carboxylic acids is 3. The van der Waals surface area contributed by atoms with Crippen molar-refractivity contribution in [3.63, 3.8) is 0 Å². The number of rotatable bonds is 18. The van der Waals surface area contributed by atoms with Gasteiger partial charge in [-0.05, 0) is 71.8 Å². The van der Waals surface area contributed by atoms with Gasteiger partial charge in [0.2, 0.25) is 5.91 Å². The second-order valence-corrected chi connectivity index (χ2v) is 19.4. The van der Waals surface area contributed by atoms with E-state index in [0.717, 1.165) is 19.3 Å². The molecular formula is C47H56N6O8S2. The Morgan fingerprint density at radius 2 is 1.32 bits per heavy atom. The lowest BCUT2D eigenvalue weighted by Gasteiger charge is -2.21. The van der Waals surface area contributed by atoms with E-state index in [0.29, 0.717) is 102 Å². The first-order valence-electron chi connectivity index (χ1n) is 21.2. The van der Waals surface area contributed by atoms with Gasteiger partial charge >= 0.3 is 0 Å². The molecule has 14 nitrogen and oxygen atoms in total. The van der Waals surface area contributed by atoms with Gasteiger partial charge in [-0.1, -0.05) is 44.9 Å². The van der Waals surface area contributed by atoms with Crippen LogP contribution in [0.3, 0.4) is 0 Å². The molecule has 1 aromatic heterocycles. The maximum Gasteiger partial charge on any atom is 0.257 e. The summed E-state index contributed by atoms with van der Waals surface area (Å²) in [7, 11) is 6.55. The van der Waals surface area contributed by atoms with Crippen LogP contribution < -0.4 is 29.0 Å². The first-order chi connectivity index (χ1) is 30.4. The number of amides is 3. The number of allylic oxidation sites excluding steroid dienone is 2. The van der Waals surface area contributed by atoms with Crippen LogP contribution in [0, 0.1) is 0 Å². The summed E-state index contributed by atoms with van der Waals surface area (Å²) in [4.78, 5) is 57.8. The van der Waals surface area contributed by atoms with Crippen molar-refractivity contribution in [2.45, 2.75) is 89.8 Å². The molecule has 4 aliphatic rings. The van der Waals surface area contributed by atoms with Crippen LogP contribution in [0.4, 0.5) is 11.4 Å². The number of methoxy groups -OCH3 is 2. The highest BCUT2D eigenvalue weighted by Crippen LogP contribution is 2.41. The van der Waals surface area contributed by atoms with Gasteiger partial charge in [-0.25, -0.2) is 0 Å². The molecule has 0 spiro atoms. The molecule has 0 radical (unpaired) electrons. The average molecular weight is 897 g/mol. The summed E-state index contributed by atoms with van der Waals surface area (Å²) in [5.74, 6) is 1.95. The third-order valence-corrected chi connectivity index (χ3v) is 14.1. The second kappa shape index (κ2) is 20.4. The molecule has 2 fully saturated rings. The van der Waals surface area contributed by atoms with Crippen LogP contribution in [0.15, 0.2) is 69.7 Å². The maximum atomic E-state index is 13.7. The molecule has 1 N–H and O–H groups in total. The van der Waals surface area contributed by atoms with Gasteiger partial charge in [-0.15, -0.1) is 0 Å². The fourth-order valence-corrected chi connectivity index (χ4v) is 10.2. The van der Waals surface area contributed by atoms with E-state index in [2.05, 4.69) is 31.3 Å². The van der Waals surface area contributed by atoms with Crippen LogP contribution in [0.2, 0.25) is 0 Å². The quantitative estimate of drug-likeness (QED) is 0.0744. The standard InChI is InChI=1S/C47H56N6O8S2/c1-8-29-15-33-23-49-38-21-42(40(57-5)19-36(38)45(55)52(33)25-29)60-27-31-17-35(59-14-10-13-48-44(54)11-12-47(3,4)63-62-7)18-32(51-31)28-61-43-22-39-37(20-41(43)58-6)46(56)53-26-30(9-2)16-34(53)24-50-39/h8-9,17-24,33-34H,10-16,25-28H2,1-7H3,(H,48,54)/t33-,34-/m0/s1. The third kappa shape index (κ3) is 10.8. The molecule has 0 bridgehead atoms. The smallest absolute Gasteiger partial charge is 0.257 e. The maximum absolute atomic E-state index is 13.7. The average Bonchev–Trinajstić information content (AvgIpc) is 3.85. The molecule has 2 atom stereocenters. The van der Waals surface area contributed by atoms with Crippen LogP contribution in [-0.2, 0) is 18.0 Å². The number of nitrogens with zero attached hydrogens (tertiary/aromatic N) is 5. The van der Waals surface area contributed by atoms with E-state index in [4.69, 9.17) is 38.7 Å². The molecule has 334 valence electrons. The number of aromatic nitrogens is 1. The van der Waals surface area contributed by atoms with Crippen LogP contribution in [-0.4, -0.2) is 108 Å². The lowest BCUT2D eigenvalue weighted by molar-refractivity contribution is -0.121. The Labute approximate surface area is 377 Å². The van der Waals surface area contributed by atoms with E-state index in [9.17, 15) is 14.4 Å². The molecule has 0 aliphatic carbocycles. The Hall–Kier alpha value is -5.48. The molecule has 7 rings (SSSR count). The van der Waals surface area contributed by atoms with Gasteiger partial charge in [0.05, 0.1) is 66.8 Å². The predicted molar refractivity (Wildman–Crippen MR) is 249 cm³/mol. The zero-order valence-corrected chi connectivity index (χ0v) is 38.7. The van der Waals surface area contributed by atoms with E-state index in [1.54, 1.807) is 58.0 Å². The highest BCUT2D eigenvalue weighted by Gasteiger charge is 2.36. The van der Waals surface area contributed by atoms with Crippen molar-refractivity contribution in [3.8, 4) is 28.7 Å². The van der Waals surface area contributed by atoms with Gasteiger partial charge in [0.15, 0.2) is 23.0 Å². The van der Waals surface area contributed by atoms with Crippen LogP contribution in [0.1, 0.15) is 91.9 Å². The van der Waals surface area contributed by atoms with Crippen LogP contribution in [0.25, 0.3) is 0 Å². The number of nitrogens with one attached hydrogen (secondary N) is 1. The summed E-state index contributed by atoms with van der Waals surface area (Å²) in [6, 6.07) is 10.2. The SMILES string of the molecule is CC=C1C[C@H]2C=Nc3cc(OCc4cc(OCCCNC(=O)CCC(C)(C)SSC)cc(COc5cc6c(cc5OC)C(=O)N5CC(=CC)C[C@H]5C=N6)n4)c(OC)cc3C(=O)N2C1. The number of ether oxygens (including phenoxy) is 5. The molecule has 0 saturated carbocycles. The largest absolute Gasteiger partial charge is 0.493 e. The van der Waals surface area contributed by atoms with E-state index in [1.165, 1.54) is 25.4 Å². The highest BCUT2D eigenvalue weighted by molar-refractivity contribution is 8.76. The van der Waals surface area contributed by atoms with Gasteiger partial charge in [0.25, 0.3) is 11.8 Å². The Kier molecular flexibility index (Phi) is 14.7. The summed E-state index contributed by atoms with van der Waals surface area (Å²) in [5, 5.41) is 3.01. The van der Waals surface area contributed by atoms with Crippen molar-refractivity contribution in [3.05, 3.63) is 82.2 Å². The van der Waals surface area contributed by atoms with E-state index < -0.39 is 0 Å².